The van der Waals surface area contributed by atoms with E-state index >= 15 is 0 Å². The Morgan fingerprint density at radius 2 is 1.94 bits per heavy atom. The minimum Gasteiger partial charge on any atom is -0.337 e. The number of halogens is 1. The van der Waals surface area contributed by atoms with E-state index in [0.29, 0.717) is 0 Å². The van der Waals surface area contributed by atoms with E-state index in [4.69, 9.17) is 0 Å². The molecule has 2 rings (SSSR count). The van der Waals surface area contributed by atoms with Crippen LogP contribution in [0.5, 0.6) is 0 Å². The second kappa shape index (κ2) is 5.67. The zero-order valence-electron chi connectivity index (χ0n) is 10.9. The van der Waals surface area contributed by atoms with Crippen LogP contribution in [0.1, 0.15) is 37.3 Å². The standard InChI is InChI=1S/C14H18BrN3/c1-10(12-6-4-5-7-13(12)15)17-11(2)14-16-8-9-18(14)3/h4-11,17H,1-3H3/t10-,11-/m0/s1. The average molecular weight is 308 g/mol. The molecule has 1 N–H and O–H groups in total. The monoisotopic (exact) mass is 307 g/mol. The molecule has 1 aromatic carbocycles. The van der Waals surface area contributed by atoms with Crippen LogP contribution in [-0.4, -0.2) is 9.55 Å². The van der Waals surface area contributed by atoms with Gasteiger partial charge in [0.15, 0.2) is 0 Å². The van der Waals surface area contributed by atoms with E-state index in [9.17, 15) is 0 Å². The second-order valence-electron chi connectivity index (χ2n) is 4.53. The Labute approximate surface area is 116 Å². The van der Waals surface area contributed by atoms with Gasteiger partial charge in [0.1, 0.15) is 5.82 Å². The van der Waals surface area contributed by atoms with Crippen LogP contribution in [0.3, 0.4) is 0 Å². The molecule has 0 radical (unpaired) electrons. The third-order valence-corrected chi connectivity index (χ3v) is 3.84. The Kier molecular flexibility index (Phi) is 4.19. The van der Waals surface area contributed by atoms with Gasteiger partial charge in [-0.05, 0) is 25.5 Å². The molecular weight excluding hydrogens is 290 g/mol. The highest BCUT2D eigenvalue weighted by Crippen LogP contribution is 2.24. The predicted molar refractivity (Wildman–Crippen MR) is 77.3 cm³/mol. The smallest absolute Gasteiger partial charge is 0.125 e. The number of rotatable bonds is 4. The molecule has 0 unspecified atom stereocenters. The van der Waals surface area contributed by atoms with Crippen molar-refractivity contribution in [3.8, 4) is 0 Å². The lowest BCUT2D eigenvalue weighted by atomic mass is 10.1. The second-order valence-corrected chi connectivity index (χ2v) is 5.38. The van der Waals surface area contributed by atoms with E-state index in [1.807, 2.05) is 30.1 Å². The lowest BCUT2D eigenvalue weighted by molar-refractivity contribution is 0.466. The number of nitrogens with zero attached hydrogens (tertiary/aromatic N) is 2. The molecule has 2 aromatic rings. The topological polar surface area (TPSA) is 29.9 Å². The highest BCUT2D eigenvalue weighted by atomic mass is 79.9. The van der Waals surface area contributed by atoms with Crippen molar-refractivity contribution in [1.82, 2.24) is 14.9 Å². The first-order valence-electron chi connectivity index (χ1n) is 6.07. The highest BCUT2D eigenvalue weighted by molar-refractivity contribution is 9.10. The Morgan fingerprint density at radius 3 is 2.56 bits per heavy atom. The van der Waals surface area contributed by atoms with E-state index in [1.165, 1.54) is 5.56 Å². The third kappa shape index (κ3) is 2.82. The van der Waals surface area contributed by atoms with Gasteiger partial charge < -0.3 is 9.88 Å². The maximum Gasteiger partial charge on any atom is 0.125 e. The molecule has 1 heterocycles. The van der Waals surface area contributed by atoms with Gasteiger partial charge in [0.25, 0.3) is 0 Å². The molecule has 0 spiro atoms. The Hall–Kier alpha value is -1.13. The van der Waals surface area contributed by atoms with Crippen molar-refractivity contribution in [2.75, 3.05) is 0 Å². The minimum absolute atomic E-state index is 0.215. The molecule has 0 aliphatic rings. The first kappa shape index (κ1) is 13.3. The number of hydrogen-bond acceptors (Lipinski definition) is 2. The summed E-state index contributed by atoms with van der Waals surface area (Å²) in [6, 6.07) is 8.78. The number of nitrogens with one attached hydrogen (secondary N) is 1. The molecule has 0 fully saturated rings. The fourth-order valence-electron chi connectivity index (χ4n) is 2.16. The molecule has 0 saturated carbocycles. The van der Waals surface area contributed by atoms with Crippen LogP contribution < -0.4 is 5.32 Å². The first-order valence-corrected chi connectivity index (χ1v) is 6.86. The SMILES string of the molecule is C[C@H](N[C@@H](C)c1nccn1C)c1ccccc1Br. The van der Waals surface area contributed by atoms with Crippen LogP contribution in [-0.2, 0) is 7.05 Å². The summed E-state index contributed by atoms with van der Waals surface area (Å²) in [5, 5.41) is 3.57. The third-order valence-electron chi connectivity index (χ3n) is 3.12. The van der Waals surface area contributed by atoms with Gasteiger partial charge in [-0.15, -0.1) is 0 Å². The zero-order chi connectivity index (χ0) is 13.1. The van der Waals surface area contributed by atoms with E-state index in [0.717, 1.165) is 10.3 Å². The summed E-state index contributed by atoms with van der Waals surface area (Å²) in [5.41, 5.74) is 1.26. The van der Waals surface area contributed by atoms with Crippen LogP contribution >= 0.6 is 15.9 Å². The van der Waals surface area contributed by atoms with Crippen LogP contribution in [0.15, 0.2) is 41.1 Å². The fraction of sp³-hybridized carbons (Fsp3) is 0.357. The van der Waals surface area contributed by atoms with Crippen LogP contribution in [0.4, 0.5) is 0 Å². The number of aromatic nitrogens is 2. The van der Waals surface area contributed by atoms with E-state index in [-0.39, 0.29) is 12.1 Å². The van der Waals surface area contributed by atoms with Gasteiger partial charge in [0.2, 0.25) is 0 Å². The normalized spacial score (nSPS) is 14.4. The predicted octanol–water partition coefficient (Wildman–Crippen LogP) is 3.59. The van der Waals surface area contributed by atoms with Gasteiger partial charge >= 0.3 is 0 Å². The van der Waals surface area contributed by atoms with Crippen LogP contribution in [0.25, 0.3) is 0 Å². The van der Waals surface area contributed by atoms with Crippen LogP contribution in [0.2, 0.25) is 0 Å². The number of imidazole rings is 1. The molecule has 0 amide bonds. The summed E-state index contributed by atoms with van der Waals surface area (Å²) in [6.45, 7) is 4.30. The molecule has 0 aliphatic heterocycles. The van der Waals surface area contributed by atoms with Crippen molar-refractivity contribution in [2.24, 2.45) is 7.05 Å². The summed E-state index contributed by atoms with van der Waals surface area (Å²) < 4.78 is 3.18. The van der Waals surface area contributed by atoms with Gasteiger partial charge in [-0.25, -0.2) is 4.98 Å². The Balaban J connectivity index is 2.11. The molecule has 3 nitrogen and oxygen atoms in total. The van der Waals surface area contributed by atoms with Crippen LogP contribution in [0, 0.1) is 0 Å². The zero-order valence-corrected chi connectivity index (χ0v) is 12.5. The summed E-state index contributed by atoms with van der Waals surface area (Å²) >= 11 is 3.59. The molecule has 18 heavy (non-hydrogen) atoms. The molecule has 96 valence electrons. The number of hydrogen-bond donors (Lipinski definition) is 1. The largest absolute Gasteiger partial charge is 0.337 e. The fourth-order valence-corrected chi connectivity index (χ4v) is 2.79. The molecule has 0 saturated heterocycles. The van der Waals surface area contributed by atoms with E-state index in [2.05, 4.69) is 58.3 Å². The van der Waals surface area contributed by atoms with Gasteiger partial charge in [-0.3, -0.25) is 0 Å². The summed E-state index contributed by atoms with van der Waals surface area (Å²) in [7, 11) is 2.02. The Morgan fingerprint density at radius 1 is 1.22 bits per heavy atom. The quantitative estimate of drug-likeness (QED) is 0.935. The highest BCUT2D eigenvalue weighted by Gasteiger charge is 2.15. The van der Waals surface area contributed by atoms with Crippen molar-refractivity contribution in [2.45, 2.75) is 25.9 Å². The van der Waals surface area contributed by atoms with Crippen molar-refractivity contribution in [1.29, 1.82) is 0 Å². The summed E-state index contributed by atoms with van der Waals surface area (Å²) in [6.07, 6.45) is 3.80. The van der Waals surface area contributed by atoms with Gasteiger partial charge in [-0.1, -0.05) is 34.1 Å². The van der Waals surface area contributed by atoms with E-state index < -0.39 is 0 Å². The minimum atomic E-state index is 0.215. The lowest BCUT2D eigenvalue weighted by Gasteiger charge is -2.21. The number of aryl methyl sites for hydroxylation is 1. The molecule has 1 aromatic heterocycles. The molecule has 4 heteroatoms. The Bertz CT molecular complexity index is 521. The van der Waals surface area contributed by atoms with Crippen molar-refractivity contribution < 1.29 is 0 Å². The first-order chi connectivity index (χ1) is 8.59. The molecule has 0 aliphatic carbocycles. The van der Waals surface area contributed by atoms with Gasteiger partial charge in [-0.2, -0.15) is 0 Å². The summed E-state index contributed by atoms with van der Waals surface area (Å²) in [5.74, 6) is 1.05. The maximum absolute atomic E-state index is 4.37. The van der Waals surface area contributed by atoms with Gasteiger partial charge in [0.05, 0.1) is 6.04 Å². The van der Waals surface area contributed by atoms with E-state index in [1.54, 1.807) is 0 Å². The van der Waals surface area contributed by atoms with Crippen molar-refractivity contribution in [3.05, 3.63) is 52.5 Å². The maximum atomic E-state index is 4.37. The molecule has 2 atom stereocenters. The summed E-state index contributed by atoms with van der Waals surface area (Å²) in [4.78, 5) is 4.37. The lowest BCUT2D eigenvalue weighted by Crippen LogP contribution is -2.24. The van der Waals surface area contributed by atoms with Gasteiger partial charge in [0, 0.05) is 30.0 Å². The molecule has 0 bridgehead atoms. The number of benzene rings is 1. The molecular formula is C14H18BrN3. The average Bonchev–Trinajstić information content (AvgIpc) is 2.76. The van der Waals surface area contributed by atoms with Crippen molar-refractivity contribution >= 4 is 15.9 Å². The van der Waals surface area contributed by atoms with Crippen molar-refractivity contribution in [3.63, 3.8) is 0 Å².